The van der Waals surface area contributed by atoms with E-state index in [1.54, 1.807) is 31.5 Å². The van der Waals surface area contributed by atoms with Crippen molar-refractivity contribution in [3.8, 4) is 5.88 Å². The molecule has 4 rings (SSSR count). The monoisotopic (exact) mass is 569 g/mol. The number of nitrogens with two attached hydrogens (primary N) is 1. The molecule has 0 spiro atoms. The highest BCUT2D eigenvalue weighted by Gasteiger charge is 2.40. The maximum atomic E-state index is 12.5. The van der Waals surface area contributed by atoms with Crippen molar-refractivity contribution < 1.29 is 22.7 Å². The maximum Gasteiger partial charge on any atom is 0.340 e. The fourth-order valence-corrected chi connectivity index (χ4v) is 5.31. The standard InChI is InChI=1S/C29H39N5O5S/c1-9-29(7,30)22-15-32-26(38-16(2)12-17(3)40(8,36)37)21-14-31-24(13-20(21)22)33-23-11-10-19-25(34-23)18(4)28(5,6)39-27(19)35/h10-11,13-18H,9,12,30H2,1-8H3,(H,31,33,34)/t16-,17-,18-,29-/m1/s1. The van der Waals surface area contributed by atoms with Gasteiger partial charge in [-0.3, -0.25) is 0 Å². The molecule has 1 aliphatic rings. The molecule has 10 nitrogen and oxygen atoms in total. The van der Waals surface area contributed by atoms with E-state index < -0.39 is 32.3 Å². The quantitative estimate of drug-likeness (QED) is 0.338. The molecule has 0 aromatic carbocycles. The molecule has 0 amide bonds. The molecule has 216 valence electrons. The lowest BCUT2D eigenvalue weighted by molar-refractivity contribution is -0.0189. The number of ether oxygens (including phenoxy) is 2. The Morgan fingerprint density at radius 2 is 1.88 bits per heavy atom. The van der Waals surface area contributed by atoms with E-state index in [4.69, 9.17) is 20.2 Å². The summed E-state index contributed by atoms with van der Waals surface area (Å²) in [5, 5.41) is 4.20. The summed E-state index contributed by atoms with van der Waals surface area (Å²) >= 11 is 0. The number of nitrogens with zero attached hydrogens (tertiary/aromatic N) is 3. The zero-order valence-electron chi connectivity index (χ0n) is 24.4. The van der Waals surface area contributed by atoms with Crippen LogP contribution in [0.3, 0.4) is 0 Å². The van der Waals surface area contributed by atoms with E-state index >= 15 is 0 Å². The molecule has 11 heteroatoms. The van der Waals surface area contributed by atoms with E-state index in [1.165, 1.54) is 6.26 Å². The first-order valence-corrected chi connectivity index (χ1v) is 15.4. The number of sulfone groups is 1. The Labute approximate surface area is 236 Å². The van der Waals surface area contributed by atoms with E-state index in [1.807, 2.05) is 47.6 Å². The number of hydrogen-bond acceptors (Lipinski definition) is 10. The van der Waals surface area contributed by atoms with Gasteiger partial charge in [0, 0.05) is 36.5 Å². The predicted octanol–water partition coefficient (Wildman–Crippen LogP) is 5.00. The number of fused-ring (bicyclic) bond motifs is 2. The molecule has 0 saturated heterocycles. The minimum Gasteiger partial charge on any atom is -0.474 e. The summed E-state index contributed by atoms with van der Waals surface area (Å²) in [5.41, 5.74) is 7.29. The van der Waals surface area contributed by atoms with E-state index in [0.717, 1.165) is 10.9 Å². The molecule has 40 heavy (non-hydrogen) atoms. The number of hydrogen-bond donors (Lipinski definition) is 2. The van der Waals surface area contributed by atoms with Crippen LogP contribution in [-0.4, -0.2) is 52.5 Å². The van der Waals surface area contributed by atoms with Gasteiger partial charge in [0.25, 0.3) is 0 Å². The van der Waals surface area contributed by atoms with Crippen molar-refractivity contribution >= 4 is 38.2 Å². The van der Waals surface area contributed by atoms with Crippen LogP contribution in [0.2, 0.25) is 0 Å². The molecular weight excluding hydrogens is 530 g/mol. The molecule has 4 atom stereocenters. The molecule has 0 bridgehead atoms. The summed E-state index contributed by atoms with van der Waals surface area (Å²) in [5.74, 6) is 0.963. The molecule has 3 N–H and O–H groups in total. The van der Waals surface area contributed by atoms with Crippen molar-refractivity contribution in [3.05, 3.63) is 47.4 Å². The summed E-state index contributed by atoms with van der Waals surface area (Å²) in [6, 6.07) is 5.32. The van der Waals surface area contributed by atoms with E-state index in [0.29, 0.717) is 47.0 Å². The van der Waals surface area contributed by atoms with E-state index in [9.17, 15) is 13.2 Å². The second kappa shape index (κ2) is 10.6. The molecule has 0 aliphatic carbocycles. The minimum absolute atomic E-state index is 0.0983. The van der Waals surface area contributed by atoms with Crippen LogP contribution in [0.1, 0.15) is 88.8 Å². The molecule has 3 aromatic rings. The van der Waals surface area contributed by atoms with Gasteiger partial charge in [-0.25, -0.2) is 28.2 Å². The Morgan fingerprint density at radius 3 is 2.52 bits per heavy atom. The minimum atomic E-state index is -3.19. The molecule has 0 fully saturated rings. The van der Waals surface area contributed by atoms with Gasteiger partial charge in [0.05, 0.1) is 28.0 Å². The van der Waals surface area contributed by atoms with Gasteiger partial charge in [-0.2, -0.15) is 0 Å². The van der Waals surface area contributed by atoms with Gasteiger partial charge >= 0.3 is 5.97 Å². The topological polar surface area (TPSA) is 146 Å². The number of carbonyl (C=O) groups excluding carboxylic acids is 1. The van der Waals surface area contributed by atoms with Crippen LogP contribution in [0, 0.1) is 0 Å². The second-order valence-corrected chi connectivity index (χ2v) is 14.1. The number of cyclic esters (lactones) is 1. The van der Waals surface area contributed by atoms with Gasteiger partial charge in [0.2, 0.25) is 5.88 Å². The first-order chi connectivity index (χ1) is 18.5. The molecule has 0 radical (unpaired) electrons. The third kappa shape index (κ3) is 5.90. The number of pyridine rings is 3. The number of aromatic nitrogens is 3. The van der Waals surface area contributed by atoms with Crippen molar-refractivity contribution in [1.82, 2.24) is 15.0 Å². The van der Waals surface area contributed by atoms with Crippen LogP contribution in [0.5, 0.6) is 5.88 Å². The summed E-state index contributed by atoms with van der Waals surface area (Å²) in [6.45, 7) is 13.2. The Kier molecular flexibility index (Phi) is 7.85. The second-order valence-electron chi connectivity index (χ2n) is 11.6. The van der Waals surface area contributed by atoms with Gasteiger partial charge in [0.1, 0.15) is 27.1 Å². The summed E-state index contributed by atoms with van der Waals surface area (Å²) in [7, 11) is -3.19. The molecule has 0 unspecified atom stereocenters. The first-order valence-electron chi connectivity index (χ1n) is 13.5. The molecule has 3 aromatic heterocycles. The molecule has 1 aliphatic heterocycles. The highest BCUT2D eigenvalue weighted by Crippen LogP contribution is 2.38. The zero-order chi connectivity index (χ0) is 29.6. The maximum absolute atomic E-state index is 12.5. The average molecular weight is 570 g/mol. The fraction of sp³-hybridized carbons (Fsp3) is 0.517. The Balaban J connectivity index is 1.71. The normalized spacial score (nSPS) is 19.7. The molecule has 4 heterocycles. The largest absolute Gasteiger partial charge is 0.474 e. The third-order valence-corrected chi connectivity index (χ3v) is 9.66. The van der Waals surface area contributed by atoms with E-state index in [2.05, 4.69) is 15.3 Å². The lowest BCUT2D eigenvalue weighted by Crippen LogP contribution is -2.39. The lowest BCUT2D eigenvalue weighted by atomic mass is 9.84. The van der Waals surface area contributed by atoms with Crippen LogP contribution in [0.4, 0.5) is 11.6 Å². The first kappa shape index (κ1) is 29.7. The van der Waals surface area contributed by atoms with Crippen LogP contribution in [0.15, 0.2) is 30.6 Å². The summed E-state index contributed by atoms with van der Waals surface area (Å²) in [4.78, 5) is 26.4. The number of esters is 1. The SMILES string of the molecule is CC[C@@](C)(N)c1cnc(O[C@H](C)C[C@@H](C)S(C)(=O)=O)c2cnc(Nc3ccc4c(n3)[C@@H](C)C(C)(C)OC4=O)cc12. The number of rotatable bonds is 9. The van der Waals surface area contributed by atoms with Gasteiger partial charge in [-0.15, -0.1) is 0 Å². The average Bonchev–Trinajstić information content (AvgIpc) is 2.86. The van der Waals surface area contributed by atoms with Crippen LogP contribution < -0.4 is 15.8 Å². The van der Waals surface area contributed by atoms with Crippen LogP contribution in [-0.2, 0) is 20.1 Å². The smallest absolute Gasteiger partial charge is 0.340 e. The van der Waals surface area contributed by atoms with Crippen molar-refractivity contribution in [1.29, 1.82) is 0 Å². The van der Waals surface area contributed by atoms with Crippen molar-refractivity contribution in [2.45, 2.75) is 89.7 Å². The van der Waals surface area contributed by atoms with Crippen molar-refractivity contribution in [3.63, 3.8) is 0 Å². The zero-order valence-corrected chi connectivity index (χ0v) is 25.2. The Hall–Kier alpha value is -3.31. The number of carbonyl (C=O) groups is 1. The van der Waals surface area contributed by atoms with Gasteiger partial charge < -0.3 is 20.5 Å². The predicted molar refractivity (Wildman–Crippen MR) is 156 cm³/mol. The lowest BCUT2D eigenvalue weighted by Gasteiger charge is -2.36. The fourth-order valence-electron chi connectivity index (χ4n) is 4.69. The van der Waals surface area contributed by atoms with Crippen LogP contribution >= 0.6 is 0 Å². The van der Waals surface area contributed by atoms with Gasteiger partial charge in [-0.1, -0.05) is 13.8 Å². The number of anilines is 2. The van der Waals surface area contributed by atoms with Crippen molar-refractivity contribution in [2.24, 2.45) is 5.73 Å². The van der Waals surface area contributed by atoms with Gasteiger partial charge in [0.15, 0.2) is 0 Å². The third-order valence-electron chi connectivity index (χ3n) is 8.00. The highest BCUT2D eigenvalue weighted by molar-refractivity contribution is 7.91. The molecule has 0 saturated carbocycles. The van der Waals surface area contributed by atoms with Crippen molar-refractivity contribution in [2.75, 3.05) is 11.6 Å². The summed E-state index contributed by atoms with van der Waals surface area (Å²) in [6.07, 6.45) is 5.22. The molecular formula is C29H39N5O5S. The van der Waals surface area contributed by atoms with Crippen LogP contribution in [0.25, 0.3) is 10.8 Å². The highest BCUT2D eigenvalue weighted by atomic mass is 32.2. The Morgan fingerprint density at radius 1 is 1.18 bits per heavy atom. The van der Waals surface area contributed by atoms with E-state index in [-0.39, 0.29) is 11.9 Å². The summed E-state index contributed by atoms with van der Waals surface area (Å²) < 4.78 is 35.5. The Bertz CT molecular complexity index is 1550. The van der Waals surface area contributed by atoms with Gasteiger partial charge in [-0.05, 0) is 70.2 Å². The number of nitrogens with one attached hydrogen (secondary N) is 1.